The van der Waals surface area contributed by atoms with Crippen molar-refractivity contribution in [1.82, 2.24) is 14.9 Å². The van der Waals surface area contributed by atoms with E-state index in [2.05, 4.69) is 19.8 Å². The molecule has 0 aromatic carbocycles. The third kappa shape index (κ3) is 3.20. The Bertz CT molecular complexity index is 608. The highest BCUT2D eigenvalue weighted by atomic mass is 32.1. The van der Waals surface area contributed by atoms with Gasteiger partial charge >= 0.3 is 5.97 Å². The summed E-state index contributed by atoms with van der Waals surface area (Å²) in [5, 5.41) is 9.08. The molecule has 0 atom stereocenters. The standard InChI is InChI=1S/C14H16N4O2S/c19-14(20)13-11(21-10-16-13)9-17-5-7-18(8-6-17)12-3-1-2-4-15-12/h1-4,10H,5-9H2,(H,19,20). The highest BCUT2D eigenvalue weighted by Gasteiger charge is 2.21. The van der Waals surface area contributed by atoms with E-state index < -0.39 is 5.97 Å². The number of carboxylic acid groups (broad SMARTS) is 1. The van der Waals surface area contributed by atoms with Gasteiger partial charge in [-0.15, -0.1) is 11.3 Å². The molecule has 1 fully saturated rings. The van der Waals surface area contributed by atoms with Crippen LogP contribution in [-0.4, -0.2) is 52.1 Å². The van der Waals surface area contributed by atoms with Crippen LogP contribution in [0.3, 0.4) is 0 Å². The second-order valence-corrected chi connectivity index (χ2v) is 5.82. The monoisotopic (exact) mass is 304 g/mol. The van der Waals surface area contributed by atoms with Crippen LogP contribution in [0.5, 0.6) is 0 Å². The summed E-state index contributed by atoms with van der Waals surface area (Å²) in [6.45, 7) is 4.25. The molecular weight excluding hydrogens is 288 g/mol. The zero-order valence-electron chi connectivity index (χ0n) is 11.5. The molecule has 21 heavy (non-hydrogen) atoms. The highest BCUT2D eigenvalue weighted by molar-refractivity contribution is 7.09. The van der Waals surface area contributed by atoms with Gasteiger partial charge < -0.3 is 10.0 Å². The van der Waals surface area contributed by atoms with Crippen molar-refractivity contribution in [2.45, 2.75) is 6.54 Å². The average Bonchev–Trinajstić information content (AvgIpc) is 2.97. The Morgan fingerprint density at radius 3 is 2.71 bits per heavy atom. The fraction of sp³-hybridized carbons (Fsp3) is 0.357. The Balaban J connectivity index is 1.59. The smallest absolute Gasteiger partial charge is 0.355 e. The van der Waals surface area contributed by atoms with Gasteiger partial charge in [0.2, 0.25) is 0 Å². The van der Waals surface area contributed by atoms with E-state index in [1.807, 2.05) is 18.2 Å². The van der Waals surface area contributed by atoms with Crippen LogP contribution in [0.2, 0.25) is 0 Å². The summed E-state index contributed by atoms with van der Waals surface area (Å²) in [6.07, 6.45) is 1.80. The van der Waals surface area contributed by atoms with Gasteiger partial charge in [0.05, 0.1) is 10.4 Å². The first kappa shape index (κ1) is 14.0. The van der Waals surface area contributed by atoms with Gasteiger partial charge in [0.25, 0.3) is 0 Å². The minimum absolute atomic E-state index is 0.187. The van der Waals surface area contributed by atoms with Crippen LogP contribution in [0, 0.1) is 0 Å². The number of piperazine rings is 1. The van der Waals surface area contributed by atoms with E-state index in [4.69, 9.17) is 5.11 Å². The van der Waals surface area contributed by atoms with Crippen molar-refractivity contribution in [3.63, 3.8) is 0 Å². The van der Waals surface area contributed by atoms with Gasteiger partial charge in [-0.1, -0.05) is 6.07 Å². The van der Waals surface area contributed by atoms with Gasteiger partial charge in [-0.2, -0.15) is 0 Å². The molecule has 1 aliphatic heterocycles. The molecule has 1 aliphatic rings. The molecule has 0 amide bonds. The summed E-state index contributed by atoms with van der Waals surface area (Å²) in [6, 6.07) is 5.92. The maximum atomic E-state index is 11.1. The lowest BCUT2D eigenvalue weighted by molar-refractivity contribution is 0.0689. The molecule has 0 spiro atoms. The van der Waals surface area contributed by atoms with Crippen LogP contribution in [0.4, 0.5) is 5.82 Å². The number of rotatable bonds is 4. The zero-order valence-corrected chi connectivity index (χ0v) is 12.3. The minimum atomic E-state index is -0.946. The van der Waals surface area contributed by atoms with Gasteiger partial charge in [0.1, 0.15) is 5.82 Å². The van der Waals surface area contributed by atoms with Crippen LogP contribution in [0.1, 0.15) is 15.4 Å². The van der Waals surface area contributed by atoms with Gasteiger partial charge in [-0.3, -0.25) is 4.90 Å². The molecule has 110 valence electrons. The lowest BCUT2D eigenvalue weighted by Crippen LogP contribution is -2.46. The maximum absolute atomic E-state index is 11.1. The van der Waals surface area contributed by atoms with Crippen molar-refractivity contribution in [3.05, 3.63) is 40.5 Å². The number of nitrogens with zero attached hydrogens (tertiary/aromatic N) is 4. The molecule has 1 N–H and O–H groups in total. The molecule has 7 heteroatoms. The van der Waals surface area contributed by atoms with Crippen LogP contribution in [0.25, 0.3) is 0 Å². The third-order valence-corrected chi connectivity index (χ3v) is 4.37. The summed E-state index contributed by atoms with van der Waals surface area (Å²) >= 11 is 1.41. The van der Waals surface area contributed by atoms with Gasteiger partial charge in [-0.05, 0) is 12.1 Å². The van der Waals surface area contributed by atoms with Gasteiger partial charge in [0.15, 0.2) is 5.69 Å². The molecule has 2 aromatic heterocycles. The third-order valence-electron chi connectivity index (χ3n) is 3.56. The Labute approximate surface area is 126 Å². The molecule has 0 bridgehead atoms. The Kier molecular flexibility index (Phi) is 4.12. The van der Waals surface area contributed by atoms with Crippen molar-refractivity contribution in [1.29, 1.82) is 0 Å². The maximum Gasteiger partial charge on any atom is 0.355 e. The Morgan fingerprint density at radius 2 is 2.05 bits per heavy atom. The van der Waals surface area contributed by atoms with Crippen LogP contribution >= 0.6 is 11.3 Å². The van der Waals surface area contributed by atoms with Gasteiger partial charge in [0, 0.05) is 38.9 Å². The van der Waals surface area contributed by atoms with E-state index in [1.54, 1.807) is 11.7 Å². The van der Waals surface area contributed by atoms with Crippen LogP contribution in [-0.2, 0) is 6.54 Å². The van der Waals surface area contributed by atoms with Crippen molar-refractivity contribution in [3.8, 4) is 0 Å². The summed E-state index contributed by atoms with van der Waals surface area (Å²) in [5.74, 6) is 0.0551. The van der Waals surface area contributed by atoms with E-state index in [1.165, 1.54) is 11.3 Å². The number of carboxylic acids is 1. The Hall–Kier alpha value is -1.99. The first-order valence-electron chi connectivity index (χ1n) is 6.78. The quantitative estimate of drug-likeness (QED) is 0.924. The van der Waals surface area contributed by atoms with Crippen LogP contribution < -0.4 is 4.90 Å². The second-order valence-electron chi connectivity index (χ2n) is 4.88. The first-order valence-corrected chi connectivity index (χ1v) is 7.66. The van der Waals surface area contributed by atoms with Crippen LogP contribution in [0.15, 0.2) is 29.9 Å². The van der Waals surface area contributed by atoms with E-state index in [-0.39, 0.29) is 5.69 Å². The number of aromatic carboxylic acids is 1. The normalized spacial score (nSPS) is 16.1. The van der Waals surface area contributed by atoms with Crippen molar-refractivity contribution in [2.24, 2.45) is 0 Å². The lowest BCUT2D eigenvalue weighted by Gasteiger charge is -2.35. The SMILES string of the molecule is O=C(O)c1ncsc1CN1CCN(c2ccccn2)CC1. The zero-order chi connectivity index (χ0) is 14.7. The molecule has 0 unspecified atom stereocenters. The highest BCUT2D eigenvalue weighted by Crippen LogP contribution is 2.18. The summed E-state index contributed by atoms with van der Waals surface area (Å²) in [4.78, 5) is 24.7. The van der Waals surface area contributed by atoms with E-state index >= 15 is 0 Å². The largest absolute Gasteiger partial charge is 0.476 e. The molecule has 0 aliphatic carbocycles. The Morgan fingerprint density at radius 1 is 1.24 bits per heavy atom. The number of thiazole rings is 1. The topological polar surface area (TPSA) is 69.6 Å². The minimum Gasteiger partial charge on any atom is -0.476 e. The average molecular weight is 304 g/mol. The number of pyridine rings is 1. The lowest BCUT2D eigenvalue weighted by atomic mass is 10.2. The predicted octanol–water partition coefficient (Wildman–Crippen LogP) is 1.56. The fourth-order valence-corrected chi connectivity index (χ4v) is 3.23. The van der Waals surface area contributed by atoms with Crippen molar-refractivity contribution >= 4 is 23.1 Å². The first-order chi connectivity index (χ1) is 10.2. The van der Waals surface area contributed by atoms with E-state index in [9.17, 15) is 4.79 Å². The molecule has 3 rings (SSSR count). The number of carbonyl (C=O) groups is 1. The number of hydrogen-bond donors (Lipinski definition) is 1. The van der Waals surface area contributed by atoms with Crippen molar-refractivity contribution in [2.75, 3.05) is 31.1 Å². The number of aromatic nitrogens is 2. The fourth-order valence-electron chi connectivity index (χ4n) is 2.44. The second kappa shape index (κ2) is 6.19. The summed E-state index contributed by atoms with van der Waals surface area (Å²) in [7, 11) is 0. The molecule has 3 heterocycles. The number of hydrogen-bond acceptors (Lipinski definition) is 6. The molecule has 6 nitrogen and oxygen atoms in total. The van der Waals surface area contributed by atoms with E-state index in [0.717, 1.165) is 36.9 Å². The molecule has 0 radical (unpaired) electrons. The van der Waals surface area contributed by atoms with Crippen molar-refractivity contribution < 1.29 is 9.90 Å². The molecular formula is C14H16N4O2S. The summed E-state index contributed by atoms with van der Waals surface area (Å²) in [5.41, 5.74) is 1.79. The van der Waals surface area contributed by atoms with Gasteiger partial charge in [-0.25, -0.2) is 14.8 Å². The molecule has 0 saturated carbocycles. The molecule has 2 aromatic rings. The predicted molar refractivity (Wildman–Crippen MR) is 80.8 cm³/mol. The molecule has 1 saturated heterocycles. The summed E-state index contributed by atoms with van der Waals surface area (Å²) < 4.78 is 0. The number of anilines is 1. The van der Waals surface area contributed by atoms with E-state index in [0.29, 0.717) is 6.54 Å².